The lowest BCUT2D eigenvalue weighted by molar-refractivity contribution is 0.0697. The first-order valence-corrected chi connectivity index (χ1v) is 10.8. The Morgan fingerprint density at radius 2 is 1.61 bits per heavy atom. The number of carboxylic acids is 1. The summed E-state index contributed by atoms with van der Waals surface area (Å²) in [7, 11) is 0. The van der Waals surface area contributed by atoms with Crippen LogP contribution in [0.25, 0.3) is 17.8 Å². The Balaban J connectivity index is 1.85. The molecule has 1 aliphatic rings. The number of nitrogens with zero attached hydrogens (tertiary/aromatic N) is 2. The molecule has 2 aromatic carbocycles. The molecular weight excluding hydrogens is 384 g/mol. The Bertz CT molecular complexity index is 1160. The zero-order chi connectivity index (χ0) is 22.4. The number of hydrogen-bond acceptors (Lipinski definition) is 2. The number of carboxylic acid groups (broad SMARTS) is 1. The van der Waals surface area contributed by atoms with Gasteiger partial charge in [-0.25, -0.2) is 9.48 Å². The van der Waals surface area contributed by atoms with E-state index in [-0.39, 0.29) is 10.8 Å². The molecule has 0 unspecified atom stereocenters. The predicted molar refractivity (Wildman–Crippen MR) is 126 cm³/mol. The van der Waals surface area contributed by atoms with Crippen molar-refractivity contribution in [3.05, 3.63) is 82.2 Å². The average molecular weight is 415 g/mol. The van der Waals surface area contributed by atoms with E-state index >= 15 is 0 Å². The van der Waals surface area contributed by atoms with Crippen LogP contribution in [0.3, 0.4) is 0 Å². The van der Waals surface area contributed by atoms with Gasteiger partial charge in [-0.1, -0.05) is 52.0 Å². The van der Waals surface area contributed by atoms with Crippen molar-refractivity contribution < 1.29 is 9.90 Å². The van der Waals surface area contributed by atoms with Gasteiger partial charge in [-0.2, -0.15) is 5.10 Å². The van der Waals surface area contributed by atoms with E-state index in [2.05, 4.69) is 64.1 Å². The maximum absolute atomic E-state index is 11.1. The number of rotatable bonds is 4. The highest BCUT2D eigenvalue weighted by Gasteiger charge is 2.37. The third kappa shape index (κ3) is 4.07. The first kappa shape index (κ1) is 21.1. The zero-order valence-corrected chi connectivity index (χ0v) is 18.9. The molecule has 3 aromatic rings. The maximum atomic E-state index is 11.1. The molecule has 1 aliphatic carbocycles. The molecule has 1 heterocycles. The molecule has 0 saturated carbocycles. The van der Waals surface area contributed by atoms with Crippen LogP contribution in [-0.2, 0) is 10.8 Å². The molecular formula is C27H30N2O2. The van der Waals surface area contributed by atoms with Crippen molar-refractivity contribution >= 4 is 18.1 Å². The minimum absolute atomic E-state index is 0.120. The van der Waals surface area contributed by atoms with E-state index in [1.54, 1.807) is 12.1 Å². The standard InChI is InChI=1S/C27H30N2O2/c1-18-16-28-29(17-18)24-15-23-22(26(2,3)12-13-27(23,4)5)14-21(24)11-8-19-6-9-20(10-7-19)25(30)31/h6-11,14-17H,12-13H2,1-5H3,(H,30,31)/b11-8+. The number of aromatic nitrogens is 2. The predicted octanol–water partition coefficient (Wildman–Crippen LogP) is 6.40. The second kappa shape index (κ2) is 7.52. The summed E-state index contributed by atoms with van der Waals surface area (Å²) < 4.78 is 1.96. The van der Waals surface area contributed by atoms with E-state index in [4.69, 9.17) is 5.11 Å². The van der Waals surface area contributed by atoms with Crippen LogP contribution in [0.5, 0.6) is 0 Å². The fourth-order valence-corrected chi connectivity index (χ4v) is 4.42. The Morgan fingerprint density at radius 3 is 2.16 bits per heavy atom. The van der Waals surface area contributed by atoms with Crippen molar-refractivity contribution in [1.82, 2.24) is 9.78 Å². The van der Waals surface area contributed by atoms with Crippen LogP contribution in [-0.4, -0.2) is 20.9 Å². The number of carbonyl (C=O) groups is 1. The molecule has 0 aliphatic heterocycles. The van der Waals surface area contributed by atoms with Crippen LogP contribution < -0.4 is 0 Å². The summed E-state index contributed by atoms with van der Waals surface area (Å²) in [4.78, 5) is 11.1. The Hall–Kier alpha value is -3.14. The average Bonchev–Trinajstić information content (AvgIpc) is 3.16. The quantitative estimate of drug-likeness (QED) is 0.503. The minimum Gasteiger partial charge on any atom is -0.478 e. The molecule has 4 heteroatoms. The van der Waals surface area contributed by atoms with Crippen molar-refractivity contribution in [2.45, 2.75) is 58.3 Å². The van der Waals surface area contributed by atoms with Crippen LogP contribution in [0, 0.1) is 6.92 Å². The van der Waals surface area contributed by atoms with Gasteiger partial charge in [-0.15, -0.1) is 0 Å². The Kier molecular flexibility index (Phi) is 5.12. The first-order chi connectivity index (χ1) is 14.6. The third-order valence-corrected chi connectivity index (χ3v) is 6.57. The van der Waals surface area contributed by atoms with Crippen molar-refractivity contribution in [2.75, 3.05) is 0 Å². The van der Waals surface area contributed by atoms with E-state index in [1.807, 2.05) is 29.1 Å². The third-order valence-electron chi connectivity index (χ3n) is 6.57. The molecule has 0 radical (unpaired) electrons. The van der Waals surface area contributed by atoms with E-state index in [0.717, 1.165) is 35.2 Å². The van der Waals surface area contributed by atoms with Crippen LogP contribution in [0.4, 0.5) is 0 Å². The highest BCUT2D eigenvalue weighted by molar-refractivity contribution is 5.88. The molecule has 31 heavy (non-hydrogen) atoms. The molecule has 4 rings (SSSR count). The monoisotopic (exact) mass is 414 g/mol. The summed E-state index contributed by atoms with van der Waals surface area (Å²) in [6, 6.07) is 11.6. The first-order valence-electron chi connectivity index (χ1n) is 10.8. The molecule has 4 nitrogen and oxygen atoms in total. The number of fused-ring (bicyclic) bond motifs is 1. The number of benzene rings is 2. The van der Waals surface area contributed by atoms with Gasteiger partial charge in [0.2, 0.25) is 0 Å². The van der Waals surface area contributed by atoms with Gasteiger partial charge in [0.05, 0.1) is 17.4 Å². The van der Waals surface area contributed by atoms with Gasteiger partial charge in [0.1, 0.15) is 0 Å². The lowest BCUT2D eigenvalue weighted by Crippen LogP contribution is -2.34. The summed E-state index contributed by atoms with van der Waals surface area (Å²) in [5, 5.41) is 13.7. The number of hydrogen-bond donors (Lipinski definition) is 1. The minimum atomic E-state index is -0.911. The molecule has 1 N–H and O–H groups in total. The molecule has 0 fully saturated rings. The zero-order valence-electron chi connectivity index (χ0n) is 18.9. The van der Waals surface area contributed by atoms with Gasteiger partial charge in [-0.05, 0) is 77.1 Å². The van der Waals surface area contributed by atoms with E-state index in [0.29, 0.717) is 5.56 Å². The summed E-state index contributed by atoms with van der Waals surface area (Å²) in [6.45, 7) is 11.4. The van der Waals surface area contributed by atoms with E-state index in [9.17, 15) is 4.79 Å². The molecule has 160 valence electrons. The summed E-state index contributed by atoms with van der Waals surface area (Å²) in [5.74, 6) is -0.911. The smallest absolute Gasteiger partial charge is 0.335 e. The highest BCUT2D eigenvalue weighted by atomic mass is 16.4. The van der Waals surface area contributed by atoms with Crippen molar-refractivity contribution in [2.24, 2.45) is 0 Å². The SMILES string of the molecule is Cc1cnn(-c2cc3c(cc2/C=C/c2ccc(C(=O)O)cc2)C(C)(C)CCC3(C)C)c1. The van der Waals surface area contributed by atoms with Crippen molar-refractivity contribution in [1.29, 1.82) is 0 Å². The molecule has 0 saturated heterocycles. The highest BCUT2D eigenvalue weighted by Crippen LogP contribution is 2.47. The molecule has 0 amide bonds. The van der Waals surface area contributed by atoms with Crippen molar-refractivity contribution in [3.8, 4) is 5.69 Å². The lowest BCUT2D eigenvalue weighted by Gasteiger charge is -2.42. The van der Waals surface area contributed by atoms with E-state index in [1.165, 1.54) is 11.1 Å². The fourth-order valence-electron chi connectivity index (χ4n) is 4.42. The maximum Gasteiger partial charge on any atom is 0.335 e. The van der Waals surface area contributed by atoms with Gasteiger partial charge in [0.15, 0.2) is 0 Å². The Morgan fingerprint density at radius 1 is 1.00 bits per heavy atom. The summed E-state index contributed by atoms with van der Waals surface area (Å²) in [5.41, 5.74) is 7.59. The van der Waals surface area contributed by atoms with Gasteiger partial charge in [0.25, 0.3) is 0 Å². The second-order valence-electron chi connectivity index (χ2n) is 9.95. The lowest BCUT2D eigenvalue weighted by atomic mass is 9.63. The van der Waals surface area contributed by atoms with E-state index < -0.39 is 5.97 Å². The number of aromatic carboxylic acids is 1. The van der Waals surface area contributed by atoms with Gasteiger partial charge >= 0.3 is 5.97 Å². The van der Waals surface area contributed by atoms with Gasteiger partial charge in [0, 0.05) is 11.8 Å². The van der Waals surface area contributed by atoms with Crippen LogP contribution in [0.15, 0.2) is 48.8 Å². The van der Waals surface area contributed by atoms with Crippen molar-refractivity contribution in [3.63, 3.8) is 0 Å². The Labute approximate surface area is 184 Å². The topological polar surface area (TPSA) is 55.1 Å². The molecule has 0 bridgehead atoms. The second-order valence-corrected chi connectivity index (χ2v) is 9.95. The largest absolute Gasteiger partial charge is 0.478 e. The van der Waals surface area contributed by atoms with Crippen LogP contribution >= 0.6 is 0 Å². The number of aryl methyl sites for hydroxylation is 1. The normalized spacial score (nSPS) is 16.9. The molecule has 0 atom stereocenters. The molecule has 0 spiro atoms. The molecule has 1 aromatic heterocycles. The van der Waals surface area contributed by atoms with Crippen LogP contribution in [0.1, 0.15) is 78.7 Å². The van der Waals surface area contributed by atoms with Gasteiger partial charge in [-0.3, -0.25) is 0 Å². The van der Waals surface area contributed by atoms with Gasteiger partial charge < -0.3 is 5.11 Å². The summed E-state index contributed by atoms with van der Waals surface area (Å²) >= 11 is 0. The summed E-state index contributed by atoms with van der Waals surface area (Å²) in [6.07, 6.45) is 10.4. The van der Waals surface area contributed by atoms with Crippen LogP contribution in [0.2, 0.25) is 0 Å². The fraction of sp³-hybridized carbons (Fsp3) is 0.333.